The number of piperazine rings is 1. The Morgan fingerprint density at radius 1 is 1.15 bits per heavy atom. The molecule has 0 unspecified atom stereocenters. The van der Waals surface area contributed by atoms with E-state index in [1.807, 2.05) is 0 Å². The summed E-state index contributed by atoms with van der Waals surface area (Å²) in [7, 11) is -3.76. The molecule has 1 aliphatic rings. The Balaban J connectivity index is 2.10. The Bertz CT molecular complexity index is 810. The minimum absolute atomic E-state index is 0.144. The minimum Gasteiger partial charge on any atom is -0.450 e. The molecule has 2 rings (SSSR count). The zero-order valence-electron chi connectivity index (χ0n) is 15.0. The zero-order chi connectivity index (χ0) is 20.2. The fourth-order valence-corrected chi connectivity index (χ4v) is 3.92. The largest absolute Gasteiger partial charge is 0.450 e. The van der Waals surface area contributed by atoms with Crippen molar-refractivity contribution in [3.8, 4) is 0 Å². The van der Waals surface area contributed by atoms with Crippen LogP contribution in [-0.4, -0.2) is 75.8 Å². The van der Waals surface area contributed by atoms with E-state index in [4.69, 9.17) is 27.9 Å². The Morgan fingerprint density at radius 2 is 1.74 bits per heavy atom. The summed E-state index contributed by atoms with van der Waals surface area (Å²) in [5, 5.41) is 0.475. The first kappa shape index (κ1) is 21.6. The maximum absolute atomic E-state index is 12.6. The van der Waals surface area contributed by atoms with Gasteiger partial charge in [-0.15, -0.1) is 0 Å². The number of halogens is 2. The summed E-state index contributed by atoms with van der Waals surface area (Å²) in [5.74, 6) is -0.389. The second-order valence-corrected chi connectivity index (χ2v) is 8.68. The molecule has 150 valence electrons. The summed E-state index contributed by atoms with van der Waals surface area (Å²) in [5.41, 5.74) is 0.144. The molecule has 0 aliphatic carbocycles. The molecule has 1 aromatic rings. The number of hydrogen-bond donors (Lipinski definition) is 0. The van der Waals surface area contributed by atoms with Crippen molar-refractivity contribution in [1.29, 1.82) is 0 Å². The highest BCUT2D eigenvalue weighted by Gasteiger charge is 2.29. The lowest BCUT2D eigenvalue weighted by Gasteiger charge is -2.35. The van der Waals surface area contributed by atoms with Crippen molar-refractivity contribution in [3.05, 3.63) is 28.2 Å². The van der Waals surface area contributed by atoms with Crippen LogP contribution in [0.1, 0.15) is 6.92 Å². The summed E-state index contributed by atoms with van der Waals surface area (Å²) in [4.78, 5) is 27.4. The number of carbonyl (C=O) groups is 2. The third-order valence-electron chi connectivity index (χ3n) is 4.01. The summed E-state index contributed by atoms with van der Waals surface area (Å²) < 4.78 is 30.3. The van der Waals surface area contributed by atoms with E-state index < -0.39 is 22.7 Å². The van der Waals surface area contributed by atoms with E-state index >= 15 is 0 Å². The molecule has 0 N–H and O–H groups in total. The van der Waals surface area contributed by atoms with Crippen molar-refractivity contribution in [3.63, 3.8) is 0 Å². The van der Waals surface area contributed by atoms with Crippen molar-refractivity contribution >= 4 is 50.9 Å². The average Bonchev–Trinajstić information content (AvgIpc) is 2.61. The second-order valence-electron chi connectivity index (χ2n) is 5.93. The van der Waals surface area contributed by atoms with Crippen LogP contribution in [0, 0.1) is 0 Å². The Labute approximate surface area is 168 Å². The standard InChI is InChI=1S/C16H21Cl2N3O5S/c1-3-26-16(23)20-8-6-19(7-9-20)15(22)11-21(27(2,24)25)14-10-12(17)4-5-13(14)18/h4-5,10H,3,6-9,11H2,1-2H3. The van der Waals surface area contributed by atoms with Gasteiger partial charge in [-0.2, -0.15) is 0 Å². The number of ether oxygens (including phenoxy) is 1. The van der Waals surface area contributed by atoms with E-state index in [1.165, 1.54) is 28.0 Å². The molecule has 0 radical (unpaired) electrons. The van der Waals surface area contributed by atoms with Crippen LogP contribution >= 0.6 is 23.2 Å². The van der Waals surface area contributed by atoms with Crippen molar-refractivity contribution in [1.82, 2.24) is 9.80 Å². The van der Waals surface area contributed by atoms with Crippen LogP contribution in [0.15, 0.2) is 18.2 Å². The molecule has 1 heterocycles. The first-order valence-electron chi connectivity index (χ1n) is 8.25. The van der Waals surface area contributed by atoms with E-state index in [9.17, 15) is 18.0 Å². The van der Waals surface area contributed by atoms with Crippen LogP contribution in [0.2, 0.25) is 10.0 Å². The summed E-state index contributed by atoms with van der Waals surface area (Å²) >= 11 is 12.0. The highest BCUT2D eigenvalue weighted by atomic mass is 35.5. The monoisotopic (exact) mass is 437 g/mol. The maximum atomic E-state index is 12.6. The molecule has 2 amide bonds. The number of amides is 2. The Hall–Kier alpha value is -1.71. The van der Waals surface area contributed by atoms with Crippen molar-refractivity contribution in [2.45, 2.75) is 6.92 Å². The number of hydrogen-bond acceptors (Lipinski definition) is 5. The smallest absolute Gasteiger partial charge is 0.409 e. The molecule has 11 heteroatoms. The molecule has 0 aromatic heterocycles. The molecule has 27 heavy (non-hydrogen) atoms. The third-order valence-corrected chi connectivity index (χ3v) is 5.70. The molecule has 0 spiro atoms. The van der Waals surface area contributed by atoms with Crippen molar-refractivity contribution < 1.29 is 22.7 Å². The molecular formula is C16H21Cl2N3O5S. The highest BCUT2D eigenvalue weighted by molar-refractivity contribution is 7.92. The number of rotatable bonds is 5. The molecule has 1 fully saturated rings. The number of carbonyl (C=O) groups excluding carboxylic acids is 2. The van der Waals surface area contributed by atoms with Gasteiger partial charge in [0, 0.05) is 31.2 Å². The molecule has 0 atom stereocenters. The molecule has 1 saturated heterocycles. The van der Waals surface area contributed by atoms with Gasteiger partial charge in [0.25, 0.3) is 0 Å². The van der Waals surface area contributed by atoms with E-state index in [2.05, 4.69) is 0 Å². The highest BCUT2D eigenvalue weighted by Crippen LogP contribution is 2.30. The van der Waals surface area contributed by atoms with Crippen molar-refractivity contribution in [2.24, 2.45) is 0 Å². The van der Waals surface area contributed by atoms with Gasteiger partial charge < -0.3 is 14.5 Å². The van der Waals surface area contributed by atoms with Crippen LogP contribution in [0.4, 0.5) is 10.5 Å². The predicted molar refractivity (Wildman–Crippen MR) is 104 cm³/mol. The number of anilines is 1. The van der Waals surface area contributed by atoms with Crippen LogP contribution in [-0.2, 0) is 19.6 Å². The SMILES string of the molecule is CCOC(=O)N1CCN(C(=O)CN(c2cc(Cl)ccc2Cl)S(C)(=O)=O)CC1. The lowest BCUT2D eigenvalue weighted by atomic mass is 10.3. The molecule has 0 bridgehead atoms. The third kappa shape index (κ3) is 5.63. The van der Waals surface area contributed by atoms with Gasteiger partial charge in [-0.25, -0.2) is 13.2 Å². The zero-order valence-corrected chi connectivity index (χ0v) is 17.4. The number of benzene rings is 1. The predicted octanol–water partition coefficient (Wildman–Crippen LogP) is 2.06. The fourth-order valence-electron chi connectivity index (χ4n) is 2.63. The van der Waals surface area contributed by atoms with Gasteiger partial charge in [0.05, 0.1) is 23.6 Å². The molecule has 1 aliphatic heterocycles. The van der Waals surface area contributed by atoms with E-state index in [1.54, 1.807) is 6.92 Å². The van der Waals surface area contributed by atoms with Gasteiger partial charge in [0.15, 0.2) is 0 Å². The molecular weight excluding hydrogens is 417 g/mol. The topological polar surface area (TPSA) is 87.2 Å². The quantitative estimate of drug-likeness (QED) is 0.703. The molecule has 8 nitrogen and oxygen atoms in total. The van der Waals surface area contributed by atoms with Crippen LogP contribution in [0.25, 0.3) is 0 Å². The normalized spacial score (nSPS) is 14.8. The van der Waals surface area contributed by atoms with Crippen LogP contribution in [0.5, 0.6) is 0 Å². The van der Waals surface area contributed by atoms with Gasteiger partial charge in [-0.1, -0.05) is 23.2 Å². The van der Waals surface area contributed by atoms with E-state index in [-0.39, 0.29) is 23.2 Å². The second kappa shape index (κ2) is 8.99. The average molecular weight is 438 g/mol. The Morgan fingerprint density at radius 3 is 2.30 bits per heavy atom. The first-order chi connectivity index (χ1) is 12.6. The Kier molecular flexibility index (Phi) is 7.19. The summed E-state index contributed by atoms with van der Waals surface area (Å²) in [6.07, 6.45) is 0.573. The van der Waals surface area contributed by atoms with E-state index in [0.29, 0.717) is 31.2 Å². The van der Waals surface area contributed by atoms with Gasteiger partial charge in [0.2, 0.25) is 15.9 Å². The van der Waals surface area contributed by atoms with Gasteiger partial charge in [0.1, 0.15) is 6.54 Å². The minimum atomic E-state index is -3.76. The summed E-state index contributed by atoms with van der Waals surface area (Å²) in [6.45, 7) is 2.82. The van der Waals surface area contributed by atoms with Crippen molar-refractivity contribution in [2.75, 3.05) is 49.9 Å². The van der Waals surface area contributed by atoms with Crippen LogP contribution in [0.3, 0.4) is 0 Å². The number of nitrogens with zero attached hydrogens (tertiary/aromatic N) is 3. The molecule has 1 aromatic carbocycles. The lowest BCUT2D eigenvalue weighted by molar-refractivity contribution is -0.131. The number of sulfonamides is 1. The molecule has 0 saturated carbocycles. The summed E-state index contributed by atoms with van der Waals surface area (Å²) in [6, 6.07) is 4.40. The van der Waals surface area contributed by atoms with Gasteiger partial charge >= 0.3 is 6.09 Å². The first-order valence-corrected chi connectivity index (χ1v) is 10.9. The maximum Gasteiger partial charge on any atom is 0.409 e. The van der Waals surface area contributed by atoms with Gasteiger partial charge in [-0.05, 0) is 25.1 Å². The van der Waals surface area contributed by atoms with E-state index in [0.717, 1.165) is 10.6 Å². The lowest BCUT2D eigenvalue weighted by Crippen LogP contribution is -2.53. The van der Waals surface area contributed by atoms with Gasteiger partial charge in [-0.3, -0.25) is 9.10 Å². The fraction of sp³-hybridized carbons (Fsp3) is 0.500. The van der Waals surface area contributed by atoms with Crippen LogP contribution < -0.4 is 4.31 Å².